The molecule has 1 aromatic carbocycles. The monoisotopic (exact) mass is 411 g/mol. The zero-order valence-electron chi connectivity index (χ0n) is 11.3. The van der Waals surface area contributed by atoms with Crippen molar-refractivity contribution in [3.8, 4) is 0 Å². The molecule has 0 aliphatic rings. The third kappa shape index (κ3) is 5.00. The third-order valence-corrected chi connectivity index (χ3v) is 4.79. The summed E-state index contributed by atoms with van der Waals surface area (Å²) >= 11 is 2.09. The second-order valence-electron chi connectivity index (χ2n) is 4.77. The number of hydrogen-bond acceptors (Lipinski definition) is 4. The Balaban J connectivity index is 2.96. The molecule has 20 heavy (non-hydrogen) atoms. The smallest absolute Gasteiger partial charge is 0.252 e. The van der Waals surface area contributed by atoms with Gasteiger partial charge in [0.15, 0.2) is 0 Å². The average molecular weight is 411 g/mol. The van der Waals surface area contributed by atoms with Crippen LogP contribution in [-0.4, -0.2) is 20.4 Å². The molecule has 0 bridgehead atoms. The van der Waals surface area contributed by atoms with Crippen LogP contribution in [0.2, 0.25) is 0 Å². The molecule has 0 radical (unpaired) electrons. The second-order valence-corrected chi connectivity index (χ2v) is 7.73. The van der Waals surface area contributed by atoms with Crippen LogP contribution in [0.25, 0.3) is 0 Å². The van der Waals surface area contributed by atoms with Gasteiger partial charge in [0, 0.05) is 3.57 Å². The lowest BCUT2D eigenvalue weighted by atomic mass is 10.0. The van der Waals surface area contributed by atoms with Crippen molar-refractivity contribution in [1.82, 2.24) is 10.1 Å². The van der Waals surface area contributed by atoms with E-state index in [2.05, 4.69) is 27.3 Å². The van der Waals surface area contributed by atoms with E-state index in [1.165, 1.54) is 12.1 Å². The van der Waals surface area contributed by atoms with Crippen LogP contribution in [0.15, 0.2) is 29.2 Å². The Morgan fingerprint density at radius 2 is 1.85 bits per heavy atom. The number of sulfonamides is 1. The molecule has 0 aliphatic carbocycles. The van der Waals surface area contributed by atoms with Crippen LogP contribution >= 0.6 is 22.6 Å². The van der Waals surface area contributed by atoms with Gasteiger partial charge in [-0.25, -0.2) is 14.3 Å². The Kier molecular flexibility index (Phi) is 6.37. The first kappa shape index (κ1) is 17.3. The van der Waals surface area contributed by atoms with Gasteiger partial charge in [0.2, 0.25) is 10.0 Å². The minimum absolute atomic E-state index is 0.122. The van der Waals surface area contributed by atoms with Gasteiger partial charge in [0.1, 0.15) is 6.04 Å². The standard InChI is InChI=1S/C12H18IN3O3S/c1-8(2)7-11(12(17)15-14)16-20(18,19)10-5-3-9(13)4-6-10/h3-6,8,11,16H,7,14H2,1-2H3,(H,15,17)/t11-/m1/s1. The van der Waals surface area contributed by atoms with E-state index >= 15 is 0 Å². The van der Waals surface area contributed by atoms with E-state index in [-0.39, 0.29) is 10.8 Å². The topological polar surface area (TPSA) is 101 Å². The zero-order chi connectivity index (χ0) is 15.3. The molecule has 0 aliphatic heterocycles. The number of hydrazine groups is 1. The summed E-state index contributed by atoms with van der Waals surface area (Å²) in [6.07, 6.45) is 0.368. The highest BCUT2D eigenvalue weighted by molar-refractivity contribution is 14.1. The summed E-state index contributed by atoms with van der Waals surface area (Å²) in [6, 6.07) is 5.49. The van der Waals surface area contributed by atoms with E-state index in [1.54, 1.807) is 12.1 Å². The van der Waals surface area contributed by atoms with Crippen molar-refractivity contribution >= 4 is 38.5 Å². The maximum absolute atomic E-state index is 12.2. The maximum atomic E-state index is 12.2. The number of halogens is 1. The quantitative estimate of drug-likeness (QED) is 0.281. The molecule has 0 saturated carbocycles. The Morgan fingerprint density at radius 3 is 2.30 bits per heavy atom. The molecule has 0 spiro atoms. The SMILES string of the molecule is CC(C)C[C@@H](NS(=O)(=O)c1ccc(I)cc1)C(=O)NN. The highest BCUT2D eigenvalue weighted by atomic mass is 127. The molecule has 0 heterocycles. The summed E-state index contributed by atoms with van der Waals surface area (Å²) in [5.74, 6) is 4.69. The van der Waals surface area contributed by atoms with Gasteiger partial charge < -0.3 is 0 Å². The Bertz CT molecular complexity index is 558. The first-order valence-corrected chi connectivity index (χ1v) is 8.61. The van der Waals surface area contributed by atoms with Crippen LogP contribution in [0.4, 0.5) is 0 Å². The van der Waals surface area contributed by atoms with Crippen LogP contribution in [0.3, 0.4) is 0 Å². The molecular formula is C12H18IN3O3S. The summed E-state index contributed by atoms with van der Waals surface area (Å²) in [6.45, 7) is 3.80. The van der Waals surface area contributed by atoms with Gasteiger partial charge in [0.25, 0.3) is 5.91 Å². The van der Waals surface area contributed by atoms with Gasteiger partial charge in [-0.05, 0) is 59.2 Å². The van der Waals surface area contributed by atoms with Crippen molar-refractivity contribution in [2.45, 2.75) is 31.2 Å². The molecule has 1 amide bonds. The minimum Gasteiger partial charge on any atom is -0.293 e. The molecular weight excluding hydrogens is 393 g/mol. The van der Waals surface area contributed by atoms with Crippen molar-refractivity contribution in [3.05, 3.63) is 27.8 Å². The number of amides is 1. The molecule has 8 heteroatoms. The lowest BCUT2D eigenvalue weighted by molar-refractivity contribution is -0.123. The lowest BCUT2D eigenvalue weighted by Gasteiger charge is -2.19. The number of nitrogens with two attached hydrogens (primary N) is 1. The Morgan fingerprint density at radius 1 is 1.30 bits per heavy atom. The highest BCUT2D eigenvalue weighted by Crippen LogP contribution is 2.14. The van der Waals surface area contributed by atoms with Gasteiger partial charge >= 0.3 is 0 Å². The molecule has 6 nitrogen and oxygen atoms in total. The van der Waals surface area contributed by atoms with Crippen LogP contribution < -0.4 is 16.0 Å². The molecule has 1 rings (SSSR count). The predicted molar refractivity (Wildman–Crippen MR) is 85.1 cm³/mol. The summed E-state index contributed by atoms with van der Waals surface area (Å²) in [7, 11) is -3.75. The predicted octanol–water partition coefficient (Wildman–Crippen LogP) is 0.974. The maximum Gasteiger partial charge on any atom is 0.252 e. The molecule has 0 unspecified atom stereocenters. The van der Waals surface area contributed by atoms with Crippen LogP contribution in [0.5, 0.6) is 0 Å². The largest absolute Gasteiger partial charge is 0.293 e. The number of nitrogens with one attached hydrogen (secondary N) is 2. The van der Waals surface area contributed by atoms with Crippen molar-refractivity contribution < 1.29 is 13.2 Å². The van der Waals surface area contributed by atoms with Gasteiger partial charge in [-0.2, -0.15) is 4.72 Å². The first-order valence-electron chi connectivity index (χ1n) is 6.04. The van der Waals surface area contributed by atoms with Gasteiger partial charge in [-0.3, -0.25) is 10.2 Å². The summed E-state index contributed by atoms with van der Waals surface area (Å²) < 4.78 is 27.8. The fraction of sp³-hybridized carbons (Fsp3) is 0.417. The van der Waals surface area contributed by atoms with Gasteiger partial charge in [0.05, 0.1) is 4.90 Å². The highest BCUT2D eigenvalue weighted by Gasteiger charge is 2.25. The van der Waals surface area contributed by atoms with E-state index in [0.29, 0.717) is 6.42 Å². The average Bonchev–Trinajstić information content (AvgIpc) is 2.36. The van der Waals surface area contributed by atoms with Crippen LogP contribution in [0.1, 0.15) is 20.3 Å². The van der Waals surface area contributed by atoms with Crippen molar-refractivity contribution in [2.24, 2.45) is 11.8 Å². The van der Waals surface area contributed by atoms with Crippen LogP contribution in [0, 0.1) is 9.49 Å². The molecule has 112 valence electrons. The van der Waals surface area contributed by atoms with E-state index < -0.39 is 22.0 Å². The first-order chi connectivity index (χ1) is 9.26. The molecule has 1 atom stereocenters. The number of benzene rings is 1. The second kappa shape index (κ2) is 7.34. The molecule has 0 fully saturated rings. The zero-order valence-corrected chi connectivity index (χ0v) is 14.2. The Hall–Kier alpha value is -0.710. The number of carbonyl (C=O) groups is 1. The molecule has 0 saturated heterocycles. The lowest BCUT2D eigenvalue weighted by Crippen LogP contribution is -2.49. The van der Waals surface area contributed by atoms with E-state index in [0.717, 1.165) is 3.57 Å². The fourth-order valence-corrected chi connectivity index (χ4v) is 3.22. The third-order valence-electron chi connectivity index (χ3n) is 2.59. The minimum atomic E-state index is -3.75. The van der Waals surface area contributed by atoms with Crippen molar-refractivity contribution in [3.63, 3.8) is 0 Å². The summed E-state index contributed by atoms with van der Waals surface area (Å²) in [4.78, 5) is 11.8. The number of carbonyl (C=O) groups excluding carboxylic acids is 1. The van der Waals surface area contributed by atoms with E-state index in [1.807, 2.05) is 19.3 Å². The summed E-state index contributed by atoms with van der Waals surface area (Å²) in [5.41, 5.74) is 1.99. The molecule has 0 aromatic heterocycles. The van der Waals surface area contributed by atoms with Crippen LogP contribution in [-0.2, 0) is 14.8 Å². The van der Waals surface area contributed by atoms with Gasteiger partial charge in [-0.1, -0.05) is 13.8 Å². The van der Waals surface area contributed by atoms with Crippen molar-refractivity contribution in [1.29, 1.82) is 0 Å². The van der Waals surface area contributed by atoms with Crippen molar-refractivity contribution in [2.75, 3.05) is 0 Å². The molecule has 1 aromatic rings. The van der Waals surface area contributed by atoms with Gasteiger partial charge in [-0.15, -0.1) is 0 Å². The van der Waals surface area contributed by atoms with E-state index in [4.69, 9.17) is 5.84 Å². The summed E-state index contributed by atoms with van der Waals surface area (Å²) in [5, 5.41) is 0. The molecule has 4 N–H and O–H groups in total. The Labute approximate surface area is 132 Å². The van der Waals surface area contributed by atoms with E-state index in [9.17, 15) is 13.2 Å². The normalized spacial score (nSPS) is 13.2. The number of hydrogen-bond donors (Lipinski definition) is 3. The fourth-order valence-electron chi connectivity index (χ4n) is 1.65. The number of rotatable bonds is 6.